The highest BCUT2D eigenvalue weighted by Crippen LogP contribution is 2.44. The first-order valence-corrected chi connectivity index (χ1v) is 16.4. The van der Waals surface area contributed by atoms with Crippen molar-refractivity contribution < 1.29 is 4.74 Å². The molecule has 0 aliphatic carbocycles. The van der Waals surface area contributed by atoms with Gasteiger partial charge in [-0.15, -0.1) is 0 Å². The van der Waals surface area contributed by atoms with Gasteiger partial charge >= 0.3 is 0 Å². The minimum absolute atomic E-state index is 0.0197. The fraction of sp³-hybridized carbons (Fsp3) is 0.136. The van der Waals surface area contributed by atoms with Crippen molar-refractivity contribution in [3.8, 4) is 11.3 Å². The molecule has 4 heteroatoms. The Bertz CT molecular complexity index is 2000. The lowest BCUT2D eigenvalue weighted by Gasteiger charge is -2.22. The molecular weight excluding hydrogens is 587 g/mol. The number of hydrogen-bond donors (Lipinski definition) is 2. The summed E-state index contributed by atoms with van der Waals surface area (Å²) in [4.78, 5) is 0. The number of ether oxygens (including phenoxy) is 1. The van der Waals surface area contributed by atoms with E-state index < -0.39 is 0 Å². The van der Waals surface area contributed by atoms with E-state index >= 15 is 0 Å². The van der Waals surface area contributed by atoms with Crippen LogP contribution in [0.1, 0.15) is 33.7 Å². The third-order valence-electron chi connectivity index (χ3n) is 8.82. The SMILES string of the molecule is COC.Cc1ccccc1Nc1ccc(C(c2ccc(Nc3ccccc3C)cc2)c2c(-c3ccccc3)n(C)c3ccccc23)cc1. The van der Waals surface area contributed by atoms with Gasteiger partial charge in [0.25, 0.3) is 0 Å². The summed E-state index contributed by atoms with van der Waals surface area (Å²) in [6.07, 6.45) is 0. The highest BCUT2D eigenvalue weighted by molar-refractivity contribution is 5.93. The topological polar surface area (TPSA) is 38.2 Å². The van der Waals surface area contributed by atoms with E-state index in [1.165, 1.54) is 50.0 Å². The van der Waals surface area contributed by atoms with Gasteiger partial charge in [-0.05, 0) is 89.7 Å². The molecule has 0 fully saturated rings. The highest BCUT2D eigenvalue weighted by atomic mass is 16.4. The fourth-order valence-corrected chi connectivity index (χ4v) is 6.44. The van der Waals surface area contributed by atoms with Crippen LogP contribution in [-0.4, -0.2) is 18.8 Å². The molecule has 7 aromatic rings. The number of fused-ring (bicyclic) bond motifs is 1. The molecule has 0 radical (unpaired) electrons. The number of anilines is 4. The van der Waals surface area contributed by atoms with Crippen LogP contribution >= 0.6 is 0 Å². The van der Waals surface area contributed by atoms with E-state index in [0.717, 1.165) is 22.7 Å². The summed E-state index contributed by atoms with van der Waals surface area (Å²) in [5, 5.41) is 8.49. The first-order chi connectivity index (χ1) is 23.5. The van der Waals surface area contributed by atoms with E-state index in [-0.39, 0.29) is 5.92 Å². The summed E-state index contributed by atoms with van der Waals surface area (Å²) < 4.78 is 6.61. The number of nitrogens with one attached hydrogen (secondary N) is 2. The number of nitrogens with zero attached hydrogens (tertiary/aromatic N) is 1. The smallest absolute Gasteiger partial charge is 0.0530 e. The highest BCUT2D eigenvalue weighted by Gasteiger charge is 2.27. The van der Waals surface area contributed by atoms with Gasteiger partial charge in [0.2, 0.25) is 0 Å². The normalized spacial score (nSPS) is 10.9. The number of methoxy groups -OCH3 is 1. The molecule has 48 heavy (non-hydrogen) atoms. The second-order valence-electron chi connectivity index (χ2n) is 12.2. The molecule has 6 aromatic carbocycles. The van der Waals surface area contributed by atoms with Crippen molar-refractivity contribution in [2.24, 2.45) is 7.05 Å². The summed E-state index contributed by atoms with van der Waals surface area (Å²) in [6, 6.07) is 54.3. The first-order valence-electron chi connectivity index (χ1n) is 16.4. The Morgan fingerprint density at radius 1 is 0.521 bits per heavy atom. The Kier molecular flexibility index (Phi) is 10.0. The van der Waals surface area contributed by atoms with Gasteiger partial charge < -0.3 is 19.9 Å². The van der Waals surface area contributed by atoms with Gasteiger partial charge in [0, 0.05) is 60.8 Å². The molecule has 0 aliphatic rings. The van der Waals surface area contributed by atoms with Crippen molar-refractivity contribution in [1.29, 1.82) is 0 Å². The molecule has 7 rings (SSSR count). The van der Waals surface area contributed by atoms with E-state index in [0.29, 0.717) is 0 Å². The van der Waals surface area contributed by atoms with Crippen molar-refractivity contribution in [2.75, 3.05) is 24.9 Å². The molecule has 0 bridgehead atoms. The Morgan fingerprint density at radius 3 is 1.46 bits per heavy atom. The van der Waals surface area contributed by atoms with Crippen LogP contribution in [0.5, 0.6) is 0 Å². The summed E-state index contributed by atoms with van der Waals surface area (Å²) in [7, 11) is 5.44. The zero-order chi connectivity index (χ0) is 33.5. The second-order valence-corrected chi connectivity index (χ2v) is 12.2. The molecule has 1 aromatic heterocycles. The van der Waals surface area contributed by atoms with Crippen molar-refractivity contribution in [3.63, 3.8) is 0 Å². The van der Waals surface area contributed by atoms with Gasteiger partial charge in [-0.25, -0.2) is 0 Å². The quantitative estimate of drug-likeness (QED) is 0.176. The Morgan fingerprint density at radius 2 is 0.958 bits per heavy atom. The molecule has 240 valence electrons. The van der Waals surface area contributed by atoms with Crippen LogP contribution in [0.15, 0.2) is 152 Å². The molecule has 0 saturated carbocycles. The second kappa shape index (κ2) is 14.9. The van der Waals surface area contributed by atoms with Gasteiger partial charge in [0.05, 0.1) is 5.69 Å². The van der Waals surface area contributed by atoms with Gasteiger partial charge in [0.1, 0.15) is 0 Å². The fourth-order valence-electron chi connectivity index (χ4n) is 6.44. The van der Waals surface area contributed by atoms with Crippen molar-refractivity contribution in [1.82, 2.24) is 4.57 Å². The number of hydrogen-bond acceptors (Lipinski definition) is 3. The zero-order valence-corrected chi connectivity index (χ0v) is 28.4. The standard InChI is InChI=1S/C42H37N3.C2H6O/c1-29-13-7-10-18-37(29)43-34-25-21-31(22-26-34)40(32-23-27-35(28-24-32)44-38-19-11-8-14-30(38)2)41-36-17-9-12-20-39(36)45(3)42(41)33-15-5-4-6-16-33;1-3-2/h4-28,40,43-44H,1-3H3;1-2H3. The number of para-hydroxylation sites is 3. The maximum atomic E-state index is 4.25. The average Bonchev–Trinajstić information content (AvgIpc) is 3.40. The third kappa shape index (κ3) is 6.90. The molecular formula is C44H43N3O. The number of aromatic nitrogens is 1. The Balaban J connectivity index is 0.00000129. The first kappa shape index (κ1) is 32.4. The van der Waals surface area contributed by atoms with Crippen LogP contribution in [0, 0.1) is 13.8 Å². The molecule has 0 spiro atoms. The van der Waals surface area contributed by atoms with E-state index in [1.54, 1.807) is 14.2 Å². The summed E-state index contributed by atoms with van der Waals surface area (Å²) in [5.41, 5.74) is 14.3. The Hall–Kier alpha value is -5.58. The molecule has 0 saturated heterocycles. The molecule has 2 N–H and O–H groups in total. The number of benzene rings is 6. The maximum Gasteiger partial charge on any atom is 0.0530 e. The van der Waals surface area contributed by atoms with Gasteiger partial charge in [-0.3, -0.25) is 0 Å². The van der Waals surface area contributed by atoms with E-state index in [1.807, 2.05) is 0 Å². The maximum absolute atomic E-state index is 4.25. The van der Waals surface area contributed by atoms with Crippen LogP contribution in [0.2, 0.25) is 0 Å². The lowest BCUT2D eigenvalue weighted by Crippen LogP contribution is -2.06. The lowest BCUT2D eigenvalue weighted by molar-refractivity contribution is 0.277. The van der Waals surface area contributed by atoms with Crippen LogP contribution in [0.3, 0.4) is 0 Å². The monoisotopic (exact) mass is 629 g/mol. The minimum atomic E-state index is 0.0197. The largest absolute Gasteiger partial charge is 0.388 e. The van der Waals surface area contributed by atoms with Gasteiger partial charge in [-0.1, -0.05) is 109 Å². The number of rotatable bonds is 8. The predicted octanol–water partition coefficient (Wildman–Crippen LogP) is 11.4. The minimum Gasteiger partial charge on any atom is -0.388 e. The van der Waals surface area contributed by atoms with Crippen LogP contribution in [0.4, 0.5) is 22.7 Å². The van der Waals surface area contributed by atoms with Crippen molar-refractivity contribution >= 4 is 33.7 Å². The summed E-state index contributed by atoms with van der Waals surface area (Å²) in [5.74, 6) is 0.0197. The lowest BCUT2D eigenvalue weighted by atomic mass is 9.82. The molecule has 0 atom stereocenters. The van der Waals surface area contributed by atoms with Gasteiger partial charge in [0.15, 0.2) is 0 Å². The van der Waals surface area contributed by atoms with Crippen LogP contribution < -0.4 is 10.6 Å². The van der Waals surface area contributed by atoms with Crippen LogP contribution in [0.25, 0.3) is 22.2 Å². The third-order valence-corrected chi connectivity index (χ3v) is 8.82. The average molecular weight is 630 g/mol. The zero-order valence-electron chi connectivity index (χ0n) is 28.4. The van der Waals surface area contributed by atoms with E-state index in [9.17, 15) is 0 Å². The van der Waals surface area contributed by atoms with Crippen LogP contribution in [-0.2, 0) is 11.8 Å². The summed E-state index contributed by atoms with van der Waals surface area (Å²) in [6.45, 7) is 4.27. The van der Waals surface area contributed by atoms with E-state index in [2.05, 4.69) is 192 Å². The Labute approximate surface area is 284 Å². The van der Waals surface area contributed by atoms with Crippen molar-refractivity contribution in [2.45, 2.75) is 19.8 Å². The van der Waals surface area contributed by atoms with E-state index in [4.69, 9.17) is 0 Å². The molecule has 0 amide bonds. The molecule has 1 heterocycles. The predicted molar refractivity (Wildman–Crippen MR) is 204 cm³/mol. The molecule has 0 unspecified atom stereocenters. The molecule has 4 nitrogen and oxygen atoms in total. The van der Waals surface area contributed by atoms with Gasteiger partial charge in [-0.2, -0.15) is 0 Å². The summed E-state index contributed by atoms with van der Waals surface area (Å²) >= 11 is 0. The molecule has 0 aliphatic heterocycles. The van der Waals surface area contributed by atoms with Crippen molar-refractivity contribution in [3.05, 3.63) is 179 Å². The number of aryl methyl sites for hydroxylation is 3.